The van der Waals surface area contributed by atoms with Crippen molar-refractivity contribution >= 4 is 0 Å². The molecule has 0 aliphatic heterocycles. The molecule has 2 rings (SSSR count). The molecule has 0 radical (unpaired) electrons. The van der Waals surface area contributed by atoms with Crippen molar-refractivity contribution in [1.29, 1.82) is 0 Å². The maximum absolute atomic E-state index is 5.42. The van der Waals surface area contributed by atoms with Crippen LogP contribution in [0.2, 0.25) is 0 Å². The molecular formula is C9H13N5. The summed E-state index contributed by atoms with van der Waals surface area (Å²) in [6.45, 7) is 0.779. The predicted molar refractivity (Wildman–Crippen MR) is 53.1 cm³/mol. The van der Waals surface area contributed by atoms with Gasteiger partial charge in [-0.25, -0.2) is 0 Å². The minimum absolute atomic E-state index is 0.597. The average molecular weight is 191 g/mol. The van der Waals surface area contributed by atoms with Gasteiger partial charge in [0.1, 0.15) is 0 Å². The number of rotatable bonds is 1. The van der Waals surface area contributed by atoms with Crippen molar-refractivity contribution in [2.45, 2.75) is 6.42 Å². The molecule has 2 N–H and O–H groups in total. The number of nitrogens with zero attached hydrogens (tertiary/aromatic N) is 4. The highest BCUT2D eigenvalue weighted by Gasteiger charge is 1.99. The van der Waals surface area contributed by atoms with E-state index >= 15 is 0 Å². The summed E-state index contributed by atoms with van der Waals surface area (Å²) in [4.78, 5) is 0. The Balaban J connectivity index is 0.000000146. The number of aromatic nitrogens is 4. The van der Waals surface area contributed by atoms with Crippen LogP contribution in [0.25, 0.3) is 0 Å². The van der Waals surface area contributed by atoms with Gasteiger partial charge < -0.3 is 5.73 Å². The highest BCUT2D eigenvalue weighted by atomic mass is 15.4. The van der Waals surface area contributed by atoms with E-state index in [1.807, 2.05) is 0 Å². The van der Waals surface area contributed by atoms with Crippen LogP contribution in [0.15, 0.2) is 36.7 Å². The maximum atomic E-state index is 5.42. The molecule has 1 atom stereocenters. The SMILES string of the molecule is NCC1C=CC=CC1.c1cnnnn1. The summed E-state index contributed by atoms with van der Waals surface area (Å²) < 4.78 is 0. The Morgan fingerprint density at radius 2 is 1.86 bits per heavy atom. The van der Waals surface area contributed by atoms with Gasteiger partial charge in [0.2, 0.25) is 0 Å². The molecule has 0 bridgehead atoms. The molecule has 0 saturated carbocycles. The molecular weight excluding hydrogens is 178 g/mol. The van der Waals surface area contributed by atoms with Gasteiger partial charge in [0.25, 0.3) is 0 Å². The lowest BCUT2D eigenvalue weighted by atomic mass is 10.0. The Morgan fingerprint density at radius 1 is 1.14 bits per heavy atom. The number of allylic oxidation sites excluding steroid dienone is 3. The topological polar surface area (TPSA) is 77.6 Å². The quantitative estimate of drug-likeness (QED) is 0.692. The standard InChI is InChI=1S/C7H11N.C2H2N4/c8-6-7-4-2-1-3-5-7;1-2-4-6-5-3-1/h1-4,7H,5-6,8H2;1-2H. The molecule has 5 heteroatoms. The molecule has 1 aliphatic rings. The molecule has 1 aromatic heterocycles. The number of hydrogen-bond donors (Lipinski definition) is 1. The summed E-state index contributed by atoms with van der Waals surface area (Å²) in [6.07, 6.45) is 12.5. The van der Waals surface area contributed by atoms with Crippen LogP contribution in [-0.2, 0) is 0 Å². The van der Waals surface area contributed by atoms with Crippen LogP contribution in [-0.4, -0.2) is 27.2 Å². The van der Waals surface area contributed by atoms with Crippen LogP contribution in [0.3, 0.4) is 0 Å². The van der Waals surface area contributed by atoms with Gasteiger partial charge in [-0.3, -0.25) is 0 Å². The van der Waals surface area contributed by atoms with E-state index in [0.29, 0.717) is 5.92 Å². The molecule has 0 saturated heterocycles. The van der Waals surface area contributed by atoms with Gasteiger partial charge >= 0.3 is 0 Å². The smallest absolute Gasteiger partial charge is 0.0716 e. The lowest BCUT2D eigenvalue weighted by Gasteiger charge is -2.07. The Labute approximate surface area is 82.7 Å². The van der Waals surface area contributed by atoms with Crippen molar-refractivity contribution < 1.29 is 0 Å². The largest absolute Gasteiger partial charge is 0.330 e. The summed E-state index contributed by atoms with van der Waals surface area (Å²) in [5.41, 5.74) is 5.42. The van der Waals surface area contributed by atoms with Crippen molar-refractivity contribution in [1.82, 2.24) is 20.6 Å². The lowest BCUT2D eigenvalue weighted by Crippen LogP contribution is -2.11. The third-order valence-corrected chi connectivity index (χ3v) is 1.72. The summed E-state index contributed by atoms with van der Waals surface area (Å²) in [5, 5.41) is 13.1. The molecule has 74 valence electrons. The Kier molecular flexibility index (Phi) is 5.12. The minimum Gasteiger partial charge on any atom is -0.330 e. The maximum Gasteiger partial charge on any atom is 0.0716 e. The third-order valence-electron chi connectivity index (χ3n) is 1.72. The molecule has 1 aromatic rings. The predicted octanol–water partition coefficient (Wildman–Crippen LogP) is 0.344. The normalized spacial score (nSPS) is 18.5. The van der Waals surface area contributed by atoms with Gasteiger partial charge in [0, 0.05) is 0 Å². The van der Waals surface area contributed by atoms with Crippen LogP contribution in [0.1, 0.15) is 6.42 Å². The van der Waals surface area contributed by atoms with Gasteiger partial charge in [-0.05, 0) is 29.3 Å². The van der Waals surface area contributed by atoms with Crippen LogP contribution < -0.4 is 5.73 Å². The highest BCUT2D eigenvalue weighted by molar-refractivity contribution is 5.10. The van der Waals surface area contributed by atoms with E-state index in [1.54, 1.807) is 0 Å². The van der Waals surface area contributed by atoms with Crippen molar-refractivity contribution in [3.8, 4) is 0 Å². The first-order valence-corrected chi connectivity index (χ1v) is 4.42. The fourth-order valence-electron chi connectivity index (χ4n) is 0.972. The second-order valence-corrected chi connectivity index (χ2v) is 2.75. The lowest BCUT2D eigenvalue weighted by molar-refractivity contribution is 0.669. The molecule has 5 nitrogen and oxygen atoms in total. The van der Waals surface area contributed by atoms with E-state index in [0.717, 1.165) is 13.0 Å². The molecule has 1 unspecified atom stereocenters. The second-order valence-electron chi connectivity index (χ2n) is 2.75. The van der Waals surface area contributed by atoms with Crippen molar-refractivity contribution in [3.05, 3.63) is 36.7 Å². The number of hydrogen-bond acceptors (Lipinski definition) is 5. The first kappa shape index (κ1) is 10.5. The van der Waals surface area contributed by atoms with Crippen molar-refractivity contribution in [2.75, 3.05) is 6.54 Å². The molecule has 14 heavy (non-hydrogen) atoms. The molecule has 1 aliphatic carbocycles. The Bertz CT molecular complexity index is 256. The zero-order valence-electron chi connectivity index (χ0n) is 7.82. The van der Waals surface area contributed by atoms with E-state index < -0.39 is 0 Å². The van der Waals surface area contributed by atoms with Crippen molar-refractivity contribution in [2.24, 2.45) is 11.7 Å². The summed E-state index contributed by atoms with van der Waals surface area (Å²) >= 11 is 0. The zero-order chi connectivity index (χ0) is 10.1. The van der Waals surface area contributed by atoms with Gasteiger partial charge in [0.15, 0.2) is 0 Å². The molecule has 0 amide bonds. The summed E-state index contributed by atoms with van der Waals surface area (Å²) in [7, 11) is 0. The summed E-state index contributed by atoms with van der Waals surface area (Å²) in [6, 6.07) is 0. The average Bonchev–Trinajstić information content (AvgIpc) is 2.33. The van der Waals surface area contributed by atoms with Crippen LogP contribution in [0.5, 0.6) is 0 Å². The fourth-order valence-corrected chi connectivity index (χ4v) is 0.972. The third kappa shape index (κ3) is 4.42. The van der Waals surface area contributed by atoms with Crippen LogP contribution in [0.4, 0.5) is 0 Å². The van der Waals surface area contributed by atoms with Crippen LogP contribution >= 0.6 is 0 Å². The highest BCUT2D eigenvalue weighted by Crippen LogP contribution is 2.08. The Morgan fingerprint density at radius 3 is 2.14 bits per heavy atom. The van der Waals surface area contributed by atoms with Gasteiger partial charge in [-0.15, -0.1) is 10.2 Å². The van der Waals surface area contributed by atoms with E-state index in [4.69, 9.17) is 5.73 Å². The first-order chi connectivity index (χ1) is 6.93. The first-order valence-electron chi connectivity index (χ1n) is 4.42. The second kappa shape index (κ2) is 6.85. The zero-order valence-corrected chi connectivity index (χ0v) is 7.82. The van der Waals surface area contributed by atoms with Crippen molar-refractivity contribution in [3.63, 3.8) is 0 Å². The summed E-state index contributed by atoms with van der Waals surface area (Å²) in [5.74, 6) is 0.597. The Hall–Kier alpha value is -1.62. The molecule has 0 spiro atoms. The van der Waals surface area contributed by atoms with Gasteiger partial charge in [0.05, 0.1) is 12.4 Å². The van der Waals surface area contributed by atoms with E-state index in [1.165, 1.54) is 12.4 Å². The number of nitrogens with two attached hydrogens (primary N) is 1. The van der Waals surface area contributed by atoms with E-state index in [-0.39, 0.29) is 0 Å². The monoisotopic (exact) mass is 191 g/mol. The minimum atomic E-state index is 0.597. The molecule has 1 heterocycles. The van der Waals surface area contributed by atoms with E-state index in [9.17, 15) is 0 Å². The van der Waals surface area contributed by atoms with Gasteiger partial charge in [-0.2, -0.15) is 0 Å². The van der Waals surface area contributed by atoms with E-state index in [2.05, 4.69) is 44.9 Å². The molecule has 0 fully saturated rings. The van der Waals surface area contributed by atoms with Crippen LogP contribution in [0, 0.1) is 5.92 Å². The fraction of sp³-hybridized carbons (Fsp3) is 0.333. The van der Waals surface area contributed by atoms with Gasteiger partial charge in [-0.1, -0.05) is 24.3 Å². The molecule has 0 aromatic carbocycles.